The van der Waals surface area contributed by atoms with Gasteiger partial charge in [0.25, 0.3) is 0 Å². The van der Waals surface area contributed by atoms with E-state index < -0.39 is 0 Å². The van der Waals surface area contributed by atoms with Gasteiger partial charge in [0.2, 0.25) is 0 Å². The van der Waals surface area contributed by atoms with E-state index >= 15 is 0 Å². The number of ether oxygens (including phenoxy) is 1. The third-order valence-corrected chi connectivity index (χ3v) is 1.97. The Balaban J connectivity index is 2.48. The summed E-state index contributed by atoms with van der Waals surface area (Å²) in [6, 6.07) is 5.37. The van der Waals surface area contributed by atoms with Gasteiger partial charge in [-0.3, -0.25) is 4.79 Å². The van der Waals surface area contributed by atoms with Crippen LogP contribution in [-0.2, 0) is 11.2 Å². The number of rotatable bonds is 0. The number of anilines is 1. The van der Waals surface area contributed by atoms with Crippen molar-refractivity contribution in [2.45, 2.75) is 12.8 Å². The molecule has 0 aliphatic carbocycles. The van der Waals surface area contributed by atoms with Crippen LogP contribution in [-0.4, -0.2) is 5.97 Å². The molecule has 1 aromatic rings. The van der Waals surface area contributed by atoms with Crippen LogP contribution in [0.5, 0.6) is 5.75 Å². The minimum atomic E-state index is -0.173. The summed E-state index contributed by atoms with van der Waals surface area (Å²) in [5.74, 6) is 0.444. The molecule has 3 nitrogen and oxygen atoms in total. The maximum absolute atomic E-state index is 10.9. The zero-order valence-electron chi connectivity index (χ0n) is 6.54. The van der Waals surface area contributed by atoms with Gasteiger partial charge in [0.15, 0.2) is 0 Å². The van der Waals surface area contributed by atoms with Crippen molar-refractivity contribution in [2.24, 2.45) is 0 Å². The van der Waals surface area contributed by atoms with Crippen LogP contribution in [0.1, 0.15) is 12.0 Å². The topological polar surface area (TPSA) is 52.3 Å². The Morgan fingerprint density at radius 3 is 3.00 bits per heavy atom. The van der Waals surface area contributed by atoms with Gasteiger partial charge >= 0.3 is 5.97 Å². The van der Waals surface area contributed by atoms with Crippen LogP contribution in [0.4, 0.5) is 5.69 Å². The lowest BCUT2D eigenvalue weighted by Gasteiger charge is -2.16. The quantitative estimate of drug-likeness (QED) is 0.354. The first-order chi connectivity index (χ1) is 5.77. The van der Waals surface area contributed by atoms with Crippen molar-refractivity contribution in [1.82, 2.24) is 0 Å². The summed E-state index contributed by atoms with van der Waals surface area (Å²) in [6.07, 6.45) is 1.13. The van der Waals surface area contributed by atoms with Gasteiger partial charge in [-0.05, 0) is 18.6 Å². The number of nitrogen functional groups attached to an aromatic ring is 1. The molecule has 0 fully saturated rings. The molecule has 0 unspecified atom stereocenters. The van der Waals surface area contributed by atoms with Crippen LogP contribution in [0.25, 0.3) is 0 Å². The van der Waals surface area contributed by atoms with Gasteiger partial charge in [0.05, 0.1) is 6.42 Å². The average Bonchev–Trinajstić information content (AvgIpc) is 2.04. The first-order valence-corrected chi connectivity index (χ1v) is 3.85. The van der Waals surface area contributed by atoms with Gasteiger partial charge in [-0.1, -0.05) is 6.07 Å². The van der Waals surface area contributed by atoms with Gasteiger partial charge in [-0.25, -0.2) is 0 Å². The molecule has 2 rings (SSSR count). The summed E-state index contributed by atoms with van der Waals surface area (Å²) >= 11 is 0. The largest absolute Gasteiger partial charge is 0.426 e. The molecule has 0 spiro atoms. The highest BCUT2D eigenvalue weighted by Gasteiger charge is 2.17. The smallest absolute Gasteiger partial charge is 0.311 e. The van der Waals surface area contributed by atoms with Gasteiger partial charge in [0.1, 0.15) is 5.75 Å². The Bertz CT molecular complexity index is 333. The van der Waals surface area contributed by atoms with Gasteiger partial charge in [-0.2, -0.15) is 0 Å². The van der Waals surface area contributed by atoms with E-state index in [0.717, 1.165) is 5.56 Å². The van der Waals surface area contributed by atoms with Crippen LogP contribution >= 0.6 is 0 Å². The van der Waals surface area contributed by atoms with E-state index in [1.165, 1.54) is 0 Å². The normalized spacial score (nSPS) is 15.2. The van der Waals surface area contributed by atoms with E-state index in [0.29, 0.717) is 24.3 Å². The molecule has 62 valence electrons. The molecule has 0 amide bonds. The second-order valence-corrected chi connectivity index (χ2v) is 2.80. The molecule has 1 aliphatic heterocycles. The van der Waals surface area contributed by atoms with E-state index in [9.17, 15) is 4.79 Å². The zero-order chi connectivity index (χ0) is 8.55. The number of fused-ring (bicyclic) bond motifs is 1. The number of nitrogens with two attached hydrogens (primary N) is 1. The molecular weight excluding hydrogens is 154 g/mol. The minimum Gasteiger partial charge on any atom is -0.426 e. The molecule has 0 aromatic heterocycles. The number of hydrogen-bond acceptors (Lipinski definition) is 3. The molecule has 1 heterocycles. The van der Waals surface area contributed by atoms with Crippen molar-refractivity contribution >= 4 is 11.7 Å². The summed E-state index contributed by atoms with van der Waals surface area (Å²) in [5, 5.41) is 0. The van der Waals surface area contributed by atoms with E-state index in [1.54, 1.807) is 12.1 Å². The molecule has 1 aromatic carbocycles. The first-order valence-electron chi connectivity index (χ1n) is 3.85. The fraction of sp³-hybridized carbons (Fsp3) is 0.222. The zero-order valence-corrected chi connectivity index (χ0v) is 6.54. The highest BCUT2D eigenvalue weighted by molar-refractivity contribution is 5.77. The van der Waals surface area contributed by atoms with Gasteiger partial charge < -0.3 is 10.5 Å². The lowest BCUT2D eigenvalue weighted by atomic mass is 10.0. The monoisotopic (exact) mass is 163 g/mol. The number of benzene rings is 1. The fourth-order valence-corrected chi connectivity index (χ4v) is 1.35. The molecule has 0 bridgehead atoms. The summed E-state index contributed by atoms with van der Waals surface area (Å²) in [7, 11) is 0. The van der Waals surface area contributed by atoms with Crippen LogP contribution < -0.4 is 10.5 Å². The predicted octanol–water partition coefficient (Wildman–Crippen LogP) is 1.12. The number of esters is 1. The third-order valence-electron chi connectivity index (χ3n) is 1.97. The molecule has 1 aliphatic rings. The van der Waals surface area contributed by atoms with E-state index in [1.807, 2.05) is 6.07 Å². The summed E-state index contributed by atoms with van der Waals surface area (Å²) < 4.78 is 4.99. The van der Waals surface area contributed by atoms with Crippen molar-refractivity contribution in [3.63, 3.8) is 0 Å². The standard InChI is InChI=1S/C9H9NO2/c10-7-2-1-3-8-6(7)4-5-9(11)12-8/h1-3H,4-5,10H2. The van der Waals surface area contributed by atoms with E-state index in [4.69, 9.17) is 10.5 Å². The van der Waals surface area contributed by atoms with Crippen LogP contribution in [0.3, 0.4) is 0 Å². The van der Waals surface area contributed by atoms with E-state index in [2.05, 4.69) is 0 Å². The molecule has 3 heteroatoms. The SMILES string of the molecule is Nc1cccc2c1CCC(=O)O2. The Hall–Kier alpha value is -1.51. The molecular formula is C9H9NO2. The van der Waals surface area contributed by atoms with Crippen LogP contribution in [0, 0.1) is 0 Å². The Morgan fingerprint density at radius 1 is 1.33 bits per heavy atom. The lowest BCUT2D eigenvalue weighted by molar-refractivity contribution is -0.135. The fourth-order valence-electron chi connectivity index (χ4n) is 1.35. The van der Waals surface area contributed by atoms with Crippen LogP contribution in [0.2, 0.25) is 0 Å². The lowest BCUT2D eigenvalue weighted by Crippen LogP contribution is -2.16. The average molecular weight is 163 g/mol. The number of carbonyl (C=O) groups excluding carboxylic acids is 1. The third kappa shape index (κ3) is 1.03. The molecule has 12 heavy (non-hydrogen) atoms. The number of hydrogen-bond donors (Lipinski definition) is 1. The maximum Gasteiger partial charge on any atom is 0.311 e. The second kappa shape index (κ2) is 2.52. The summed E-state index contributed by atoms with van der Waals surface area (Å²) in [4.78, 5) is 10.9. The Kier molecular flexibility index (Phi) is 1.50. The second-order valence-electron chi connectivity index (χ2n) is 2.80. The highest BCUT2D eigenvalue weighted by atomic mass is 16.5. The number of carbonyl (C=O) groups is 1. The van der Waals surface area contributed by atoms with Crippen molar-refractivity contribution < 1.29 is 9.53 Å². The predicted molar refractivity (Wildman–Crippen MR) is 44.8 cm³/mol. The molecule has 0 saturated heterocycles. The summed E-state index contributed by atoms with van der Waals surface area (Å²) in [6.45, 7) is 0. The first kappa shape index (κ1) is 7.16. The van der Waals surface area contributed by atoms with Crippen molar-refractivity contribution in [3.8, 4) is 5.75 Å². The van der Waals surface area contributed by atoms with E-state index in [-0.39, 0.29) is 5.97 Å². The van der Waals surface area contributed by atoms with Gasteiger partial charge in [-0.15, -0.1) is 0 Å². The maximum atomic E-state index is 10.9. The minimum absolute atomic E-state index is 0.173. The molecule has 0 radical (unpaired) electrons. The molecule has 2 N–H and O–H groups in total. The van der Waals surface area contributed by atoms with Crippen molar-refractivity contribution in [2.75, 3.05) is 5.73 Å². The molecule has 0 saturated carbocycles. The van der Waals surface area contributed by atoms with Crippen LogP contribution in [0.15, 0.2) is 18.2 Å². The Morgan fingerprint density at radius 2 is 2.17 bits per heavy atom. The van der Waals surface area contributed by atoms with Crippen molar-refractivity contribution in [1.29, 1.82) is 0 Å². The summed E-state index contributed by atoms with van der Waals surface area (Å²) in [5.41, 5.74) is 7.36. The Labute approximate surface area is 70.1 Å². The molecule has 0 atom stereocenters. The highest BCUT2D eigenvalue weighted by Crippen LogP contribution is 2.29. The van der Waals surface area contributed by atoms with Crippen molar-refractivity contribution in [3.05, 3.63) is 23.8 Å². The van der Waals surface area contributed by atoms with Gasteiger partial charge in [0, 0.05) is 11.3 Å².